The summed E-state index contributed by atoms with van der Waals surface area (Å²) in [6.45, 7) is 2.93. The summed E-state index contributed by atoms with van der Waals surface area (Å²) in [5, 5.41) is 9.64. The van der Waals surface area contributed by atoms with Crippen LogP contribution in [-0.4, -0.2) is 24.3 Å². The molecule has 4 atom stereocenters. The van der Waals surface area contributed by atoms with Crippen LogP contribution in [0.25, 0.3) is 0 Å². The fourth-order valence-corrected chi connectivity index (χ4v) is 4.22. The van der Waals surface area contributed by atoms with Crippen molar-refractivity contribution in [1.82, 2.24) is 0 Å². The lowest BCUT2D eigenvalue weighted by Crippen LogP contribution is -2.41. The Morgan fingerprint density at radius 1 is 1.00 bits per heavy atom. The summed E-state index contributed by atoms with van der Waals surface area (Å²) in [6, 6.07) is 0. The first kappa shape index (κ1) is 18.5. The third kappa shape index (κ3) is 5.63. The van der Waals surface area contributed by atoms with Crippen molar-refractivity contribution in [3.05, 3.63) is 12.2 Å². The van der Waals surface area contributed by atoms with E-state index in [0.29, 0.717) is 30.8 Å². The van der Waals surface area contributed by atoms with Gasteiger partial charge in [-0.3, -0.25) is 4.79 Å². The molecule has 3 heteroatoms. The normalized spacial score (nSPS) is 29.0. The number of aliphatic hydroxyl groups is 1. The average molecular weight is 322 g/mol. The highest BCUT2D eigenvalue weighted by molar-refractivity contribution is 5.69. The Morgan fingerprint density at radius 3 is 2.22 bits per heavy atom. The maximum absolute atomic E-state index is 11.9. The number of aliphatic hydroxyl groups excluding tert-OH is 1. The zero-order chi connectivity index (χ0) is 16.5. The van der Waals surface area contributed by atoms with Crippen LogP contribution in [0.4, 0.5) is 0 Å². The molecule has 0 aromatic heterocycles. The standard InChI is InChI=1S/C20H34O3/c1-2-3-4-5-6-7-8-9-20(22)23-15-19-17-12-10-16(11-13-17)18(19)14-21/h10,12,16-19,21H,2-9,11,13-15H2,1H3/t16-,17+,18?,19?/m1/s1. The van der Waals surface area contributed by atoms with Crippen molar-refractivity contribution >= 4 is 5.97 Å². The fraction of sp³-hybridized carbons (Fsp3) is 0.850. The highest BCUT2D eigenvalue weighted by Crippen LogP contribution is 2.44. The third-order valence-electron chi connectivity index (χ3n) is 5.72. The highest BCUT2D eigenvalue weighted by Gasteiger charge is 2.40. The van der Waals surface area contributed by atoms with Crippen LogP contribution in [0, 0.1) is 23.7 Å². The number of carbonyl (C=O) groups excluding carboxylic acids is 1. The summed E-state index contributed by atoms with van der Waals surface area (Å²) in [7, 11) is 0. The SMILES string of the molecule is CCCCCCCCCC(=O)OCC1C(CO)[C@@H]2C=C[C@H]1CC2. The van der Waals surface area contributed by atoms with E-state index in [-0.39, 0.29) is 18.5 Å². The molecule has 0 aromatic carbocycles. The van der Waals surface area contributed by atoms with E-state index in [4.69, 9.17) is 4.74 Å². The predicted molar refractivity (Wildman–Crippen MR) is 93.0 cm³/mol. The number of hydrogen-bond donors (Lipinski definition) is 1. The molecule has 3 aliphatic carbocycles. The lowest BCUT2D eigenvalue weighted by atomic mass is 9.63. The quantitative estimate of drug-likeness (QED) is 0.346. The first-order chi connectivity index (χ1) is 11.3. The van der Waals surface area contributed by atoms with E-state index >= 15 is 0 Å². The number of hydrogen-bond acceptors (Lipinski definition) is 3. The van der Waals surface area contributed by atoms with Gasteiger partial charge in [0.15, 0.2) is 0 Å². The van der Waals surface area contributed by atoms with E-state index in [0.717, 1.165) is 12.8 Å². The molecule has 23 heavy (non-hydrogen) atoms. The molecular weight excluding hydrogens is 288 g/mol. The van der Waals surface area contributed by atoms with Crippen LogP contribution in [0.2, 0.25) is 0 Å². The van der Waals surface area contributed by atoms with Crippen LogP contribution in [0.1, 0.15) is 71.1 Å². The van der Waals surface area contributed by atoms with Crippen molar-refractivity contribution in [2.75, 3.05) is 13.2 Å². The van der Waals surface area contributed by atoms with Gasteiger partial charge in [0, 0.05) is 18.9 Å². The van der Waals surface area contributed by atoms with Crippen molar-refractivity contribution in [1.29, 1.82) is 0 Å². The molecule has 3 nitrogen and oxygen atoms in total. The van der Waals surface area contributed by atoms with Gasteiger partial charge in [0.05, 0.1) is 6.61 Å². The molecule has 0 radical (unpaired) electrons. The smallest absolute Gasteiger partial charge is 0.305 e. The van der Waals surface area contributed by atoms with Gasteiger partial charge < -0.3 is 9.84 Å². The Labute approximate surface area is 141 Å². The van der Waals surface area contributed by atoms with Crippen molar-refractivity contribution in [2.45, 2.75) is 71.1 Å². The van der Waals surface area contributed by atoms with Crippen LogP contribution in [0.5, 0.6) is 0 Å². The van der Waals surface area contributed by atoms with Gasteiger partial charge >= 0.3 is 5.97 Å². The molecule has 0 saturated heterocycles. The first-order valence-corrected chi connectivity index (χ1v) is 9.71. The Hall–Kier alpha value is -0.830. The minimum absolute atomic E-state index is 0.0549. The molecule has 0 heterocycles. The van der Waals surface area contributed by atoms with Gasteiger partial charge in [0.25, 0.3) is 0 Å². The summed E-state index contributed by atoms with van der Waals surface area (Å²) in [6.07, 6.45) is 16.0. The van der Waals surface area contributed by atoms with Crippen LogP contribution in [0.3, 0.4) is 0 Å². The molecule has 2 unspecified atom stereocenters. The number of fused-ring (bicyclic) bond motifs is 2. The number of esters is 1. The summed E-state index contributed by atoms with van der Waals surface area (Å²) in [4.78, 5) is 11.9. The summed E-state index contributed by atoms with van der Waals surface area (Å²) in [5.41, 5.74) is 0. The lowest BCUT2D eigenvalue weighted by molar-refractivity contribution is -0.147. The Balaban J connectivity index is 1.58. The second-order valence-corrected chi connectivity index (χ2v) is 7.35. The van der Waals surface area contributed by atoms with Crippen LogP contribution < -0.4 is 0 Å². The maximum Gasteiger partial charge on any atom is 0.305 e. The van der Waals surface area contributed by atoms with Gasteiger partial charge in [-0.15, -0.1) is 0 Å². The molecule has 0 spiro atoms. The minimum atomic E-state index is -0.0549. The largest absolute Gasteiger partial charge is 0.465 e. The molecule has 0 aliphatic heterocycles. The van der Waals surface area contributed by atoms with E-state index in [9.17, 15) is 9.90 Å². The van der Waals surface area contributed by atoms with Crippen molar-refractivity contribution in [2.24, 2.45) is 23.7 Å². The molecule has 3 aliphatic rings. The van der Waals surface area contributed by atoms with Gasteiger partial charge in [-0.25, -0.2) is 0 Å². The van der Waals surface area contributed by atoms with E-state index < -0.39 is 0 Å². The summed E-state index contributed by atoms with van der Waals surface area (Å²) in [5.74, 6) is 1.52. The number of carbonyl (C=O) groups is 1. The molecule has 1 fully saturated rings. The van der Waals surface area contributed by atoms with E-state index in [1.54, 1.807) is 0 Å². The zero-order valence-corrected chi connectivity index (χ0v) is 14.7. The number of rotatable bonds is 11. The first-order valence-electron chi connectivity index (χ1n) is 9.71. The number of ether oxygens (including phenoxy) is 1. The lowest BCUT2D eigenvalue weighted by Gasteiger charge is -2.44. The van der Waals surface area contributed by atoms with E-state index in [2.05, 4.69) is 19.1 Å². The summed E-state index contributed by atoms with van der Waals surface area (Å²) >= 11 is 0. The molecule has 3 rings (SSSR count). The van der Waals surface area contributed by atoms with Crippen molar-refractivity contribution < 1.29 is 14.6 Å². The van der Waals surface area contributed by atoms with Crippen LogP contribution >= 0.6 is 0 Å². The average Bonchev–Trinajstić information content (AvgIpc) is 2.59. The van der Waals surface area contributed by atoms with Crippen molar-refractivity contribution in [3.8, 4) is 0 Å². The fourth-order valence-electron chi connectivity index (χ4n) is 4.22. The van der Waals surface area contributed by atoms with Gasteiger partial charge in [0.2, 0.25) is 0 Å². The highest BCUT2D eigenvalue weighted by atomic mass is 16.5. The van der Waals surface area contributed by atoms with Gasteiger partial charge in [-0.2, -0.15) is 0 Å². The topological polar surface area (TPSA) is 46.5 Å². The Kier molecular flexibility index (Phi) is 8.14. The maximum atomic E-state index is 11.9. The molecule has 2 bridgehead atoms. The van der Waals surface area contributed by atoms with Gasteiger partial charge in [-0.05, 0) is 37.0 Å². The summed E-state index contributed by atoms with van der Waals surface area (Å²) < 4.78 is 5.53. The minimum Gasteiger partial charge on any atom is -0.465 e. The van der Waals surface area contributed by atoms with Crippen molar-refractivity contribution in [3.63, 3.8) is 0 Å². The second-order valence-electron chi connectivity index (χ2n) is 7.35. The second kappa shape index (κ2) is 10.1. The number of unbranched alkanes of at least 4 members (excludes halogenated alkanes) is 6. The number of allylic oxidation sites excluding steroid dienone is 2. The zero-order valence-electron chi connectivity index (χ0n) is 14.7. The Bertz CT molecular complexity index is 377. The monoisotopic (exact) mass is 322 g/mol. The molecular formula is C20H34O3. The third-order valence-corrected chi connectivity index (χ3v) is 5.72. The van der Waals surface area contributed by atoms with Gasteiger partial charge in [0.1, 0.15) is 0 Å². The molecule has 1 saturated carbocycles. The van der Waals surface area contributed by atoms with E-state index in [1.165, 1.54) is 44.9 Å². The molecule has 0 aromatic rings. The van der Waals surface area contributed by atoms with Crippen LogP contribution in [0.15, 0.2) is 12.2 Å². The Morgan fingerprint density at radius 2 is 1.61 bits per heavy atom. The van der Waals surface area contributed by atoms with Gasteiger partial charge in [-0.1, -0.05) is 57.6 Å². The van der Waals surface area contributed by atoms with E-state index in [1.807, 2.05) is 0 Å². The molecule has 0 amide bonds. The molecule has 132 valence electrons. The predicted octanol–water partition coefficient (Wildman–Crippen LogP) is 4.49. The van der Waals surface area contributed by atoms with Crippen LogP contribution in [-0.2, 0) is 9.53 Å². The molecule has 1 N–H and O–H groups in total.